The highest BCUT2D eigenvalue weighted by Crippen LogP contribution is 2.39. The summed E-state index contributed by atoms with van der Waals surface area (Å²) in [5, 5.41) is 3.51. The molecule has 8 heteroatoms. The predicted octanol–water partition coefficient (Wildman–Crippen LogP) is 1.76. The first kappa shape index (κ1) is 19.8. The number of aryl methyl sites for hydroxylation is 1. The molecule has 1 aromatic rings. The van der Waals surface area contributed by atoms with Gasteiger partial charge >= 0.3 is 5.97 Å². The molecule has 148 valence electrons. The van der Waals surface area contributed by atoms with E-state index in [0.29, 0.717) is 36.7 Å². The molecule has 1 aliphatic carbocycles. The highest BCUT2D eigenvalue weighted by atomic mass is 32.1. The number of thiophene rings is 1. The summed E-state index contributed by atoms with van der Waals surface area (Å²) in [6, 6.07) is 0. The number of methoxy groups -OCH3 is 1. The number of anilines is 1. The average Bonchev–Trinajstić information content (AvgIpc) is 3.21. The second kappa shape index (κ2) is 8.39. The predicted molar refractivity (Wildman–Crippen MR) is 104 cm³/mol. The highest BCUT2D eigenvalue weighted by Gasteiger charge is 2.29. The quantitative estimate of drug-likeness (QED) is 0.772. The Morgan fingerprint density at radius 3 is 2.48 bits per heavy atom. The minimum absolute atomic E-state index is 0.00243. The molecule has 2 amide bonds. The standard InChI is InChI=1S/C19H27N3O4S/c1-12(2)18(24)22-9-7-21(8-10-22)11-15(23)20-17-16(19(25)26-3)13-5-4-6-14(13)27-17/h12H,4-11H2,1-3H3,(H,20,23). The zero-order valence-electron chi connectivity index (χ0n) is 16.2. The van der Waals surface area contributed by atoms with E-state index in [1.165, 1.54) is 23.3 Å². The smallest absolute Gasteiger partial charge is 0.341 e. The summed E-state index contributed by atoms with van der Waals surface area (Å²) in [5.74, 6) is -0.360. The molecule has 7 nitrogen and oxygen atoms in total. The summed E-state index contributed by atoms with van der Waals surface area (Å²) in [6.45, 7) is 6.70. The lowest BCUT2D eigenvalue weighted by atomic mass is 10.1. The van der Waals surface area contributed by atoms with Gasteiger partial charge in [-0.2, -0.15) is 0 Å². The van der Waals surface area contributed by atoms with Crippen molar-refractivity contribution in [2.75, 3.05) is 45.2 Å². The van der Waals surface area contributed by atoms with E-state index in [1.54, 1.807) is 0 Å². The van der Waals surface area contributed by atoms with Crippen molar-refractivity contribution in [2.45, 2.75) is 33.1 Å². The van der Waals surface area contributed by atoms with Gasteiger partial charge in [-0.25, -0.2) is 4.79 Å². The Labute approximate surface area is 163 Å². The van der Waals surface area contributed by atoms with Crippen molar-refractivity contribution in [1.82, 2.24) is 9.80 Å². The third-order valence-corrected chi connectivity index (χ3v) is 6.32. The molecule has 0 unspecified atom stereocenters. The summed E-state index contributed by atoms with van der Waals surface area (Å²) in [6.07, 6.45) is 2.85. The fourth-order valence-electron chi connectivity index (χ4n) is 3.67. The van der Waals surface area contributed by atoms with E-state index in [2.05, 4.69) is 5.32 Å². The van der Waals surface area contributed by atoms with Crippen LogP contribution >= 0.6 is 11.3 Å². The summed E-state index contributed by atoms with van der Waals surface area (Å²) in [7, 11) is 1.37. The molecule has 0 radical (unpaired) electrons. The molecule has 0 atom stereocenters. The van der Waals surface area contributed by atoms with Crippen molar-refractivity contribution in [3.8, 4) is 0 Å². The summed E-state index contributed by atoms with van der Waals surface area (Å²) in [4.78, 5) is 41.8. The maximum absolute atomic E-state index is 12.5. The Morgan fingerprint density at radius 1 is 1.15 bits per heavy atom. The van der Waals surface area contributed by atoms with Gasteiger partial charge in [0.25, 0.3) is 0 Å². The van der Waals surface area contributed by atoms with E-state index >= 15 is 0 Å². The van der Waals surface area contributed by atoms with Gasteiger partial charge in [0.1, 0.15) is 5.00 Å². The van der Waals surface area contributed by atoms with E-state index in [4.69, 9.17) is 4.74 Å². The Hall–Kier alpha value is -1.93. The number of nitrogens with one attached hydrogen (secondary N) is 1. The number of carbonyl (C=O) groups is 3. The lowest BCUT2D eigenvalue weighted by molar-refractivity contribution is -0.136. The molecule has 2 aliphatic rings. The van der Waals surface area contributed by atoms with Crippen LogP contribution in [0, 0.1) is 5.92 Å². The van der Waals surface area contributed by atoms with E-state index in [1.807, 2.05) is 23.6 Å². The van der Waals surface area contributed by atoms with Crippen molar-refractivity contribution in [3.05, 3.63) is 16.0 Å². The number of fused-ring (bicyclic) bond motifs is 1. The van der Waals surface area contributed by atoms with Gasteiger partial charge in [0.05, 0.1) is 19.2 Å². The van der Waals surface area contributed by atoms with Crippen molar-refractivity contribution in [1.29, 1.82) is 0 Å². The molecule has 0 bridgehead atoms. The van der Waals surface area contributed by atoms with Crippen molar-refractivity contribution >= 4 is 34.1 Å². The lowest BCUT2D eigenvalue weighted by Gasteiger charge is -2.35. The van der Waals surface area contributed by atoms with E-state index in [0.717, 1.165) is 24.8 Å². The van der Waals surface area contributed by atoms with Crippen molar-refractivity contribution in [3.63, 3.8) is 0 Å². The van der Waals surface area contributed by atoms with E-state index in [9.17, 15) is 14.4 Å². The third kappa shape index (κ3) is 4.32. The molecule has 1 aliphatic heterocycles. The van der Waals surface area contributed by atoms with E-state index in [-0.39, 0.29) is 30.2 Å². The molecule has 27 heavy (non-hydrogen) atoms. The zero-order valence-corrected chi connectivity index (χ0v) is 17.0. The van der Waals surface area contributed by atoms with E-state index < -0.39 is 0 Å². The summed E-state index contributed by atoms with van der Waals surface area (Å²) >= 11 is 1.49. The largest absolute Gasteiger partial charge is 0.465 e. The second-order valence-corrected chi connectivity index (χ2v) is 8.46. The lowest BCUT2D eigenvalue weighted by Crippen LogP contribution is -2.51. The number of ether oxygens (including phenoxy) is 1. The maximum Gasteiger partial charge on any atom is 0.341 e. The molecule has 0 spiro atoms. The first-order chi connectivity index (χ1) is 12.9. The summed E-state index contributed by atoms with van der Waals surface area (Å²) < 4.78 is 4.91. The van der Waals surface area contributed by atoms with Crippen LogP contribution in [0.25, 0.3) is 0 Å². The number of piperazine rings is 1. The molecule has 1 saturated heterocycles. The van der Waals surface area contributed by atoms with Gasteiger partial charge < -0.3 is 15.0 Å². The van der Waals surface area contributed by atoms with Crippen LogP contribution < -0.4 is 5.32 Å². The Bertz CT molecular complexity index is 736. The van der Waals surface area contributed by atoms with Gasteiger partial charge in [-0.05, 0) is 24.8 Å². The van der Waals surface area contributed by atoms with Crippen LogP contribution in [0.4, 0.5) is 5.00 Å². The van der Waals surface area contributed by atoms with Gasteiger partial charge in [-0.15, -0.1) is 11.3 Å². The average molecular weight is 394 g/mol. The van der Waals surface area contributed by atoms with Crippen LogP contribution in [0.3, 0.4) is 0 Å². The number of nitrogens with zero attached hydrogens (tertiary/aromatic N) is 2. The Kier molecular flexibility index (Phi) is 6.16. The van der Waals surface area contributed by atoms with Gasteiger partial charge in [0, 0.05) is 37.0 Å². The fraction of sp³-hybridized carbons (Fsp3) is 0.632. The van der Waals surface area contributed by atoms with Crippen LogP contribution in [0.2, 0.25) is 0 Å². The normalized spacial score (nSPS) is 17.1. The molecule has 0 saturated carbocycles. The maximum atomic E-state index is 12.5. The number of hydrogen-bond donors (Lipinski definition) is 1. The van der Waals surface area contributed by atoms with Crippen LogP contribution in [-0.2, 0) is 27.2 Å². The van der Waals surface area contributed by atoms with Crippen LogP contribution in [0.1, 0.15) is 41.1 Å². The summed E-state index contributed by atoms with van der Waals surface area (Å²) in [5.41, 5.74) is 1.55. The second-order valence-electron chi connectivity index (χ2n) is 7.36. The minimum Gasteiger partial charge on any atom is -0.465 e. The third-order valence-electron chi connectivity index (χ3n) is 5.11. The number of carbonyl (C=O) groups excluding carboxylic acids is 3. The monoisotopic (exact) mass is 393 g/mol. The minimum atomic E-state index is -0.384. The topological polar surface area (TPSA) is 79.0 Å². The SMILES string of the molecule is COC(=O)c1c(NC(=O)CN2CCN(C(=O)C(C)C)CC2)sc2c1CCC2. The Morgan fingerprint density at radius 2 is 1.85 bits per heavy atom. The molecular formula is C19H27N3O4S. The van der Waals surface area contributed by atoms with Crippen LogP contribution in [0.5, 0.6) is 0 Å². The fourth-order valence-corrected chi connectivity index (χ4v) is 4.96. The number of hydrogen-bond acceptors (Lipinski definition) is 6. The van der Waals surface area contributed by atoms with Crippen LogP contribution in [-0.4, -0.2) is 67.4 Å². The van der Waals surface area contributed by atoms with Gasteiger partial charge in [-0.3, -0.25) is 14.5 Å². The molecule has 3 rings (SSSR count). The number of esters is 1. The molecular weight excluding hydrogens is 366 g/mol. The number of rotatable bonds is 5. The first-order valence-electron chi connectivity index (χ1n) is 9.44. The number of amides is 2. The van der Waals surface area contributed by atoms with Crippen LogP contribution in [0.15, 0.2) is 0 Å². The molecule has 1 aromatic heterocycles. The van der Waals surface area contributed by atoms with Crippen molar-refractivity contribution in [2.24, 2.45) is 5.92 Å². The van der Waals surface area contributed by atoms with Gasteiger partial charge in [0.2, 0.25) is 11.8 Å². The Balaban J connectivity index is 1.58. The van der Waals surface area contributed by atoms with Gasteiger partial charge in [-0.1, -0.05) is 13.8 Å². The molecule has 1 fully saturated rings. The molecule has 0 aromatic carbocycles. The molecule has 2 heterocycles. The molecule has 1 N–H and O–H groups in total. The zero-order chi connectivity index (χ0) is 19.6. The first-order valence-corrected chi connectivity index (χ1v) is 10.3. The highest BCUT2D eigenvalue weighted by molar-refractivity contribution is 7.17. The van der Waals surface area contributed by atoms with Crippen molar-refractivity contribution < 1.29 is 19.1 Å². The van der Waals surface area contributed by atoms with Gasteiger partial charge in [0.15, 0.2) is 0 Å².